The molecular weight excluding hydrogens is 314 g/mol. The van der Waals surface area contributed by atoms with E-state index in [1.807, 2.05) is 0 Å². The predicted octanol–water partition coefficient (Wildman–Crippen LogP) is 2.49. The quantitative estimate of drug-likeness (QED) is 0.672. The maximum atomic E-state index is 12.4. The number of aromatic nitrogens is 2. The summed E-state index contributed by atoms with van der Waals surface area (Å²) >= 11 is 0. The smallest absolute Gasteiger partial charge is 0.387 e. The fourth-order valence-corrected chi connectivity index (χ4v) is 2.07. The third kappa shape index (κ3) is 3.42. The molecule has 0 saturated heterocycles. The van der Waals surface area contributed by atoms with Crippen molar-refractivity contribution >= 4 is 17.3 Å². The van der Waals surface area contributed by atoms with Crippen LogP contribution >= 0.6 is 0 Å². The number of hydrogen-bond donors (Lipinski definition) is 1. The van der Waals surface area contributed by atoms with Crippen LogP contribution in [0, 0.1) is 17.0 Å². The Morgan fingerprint density at radius 3 is 2.70 bits per heavy atom. The van der Waals surface area contributed by atoms with Gasteiger partial charge in [0.05, 0.1) is 10.6 Å². The first kappa shape index (κ1) is 16.3. The zero-order valence-electron chi connectivity index (χ0n) is 12.1. The molecule has 0 radical (unpaired) electrons. The topological polar surface area (TPSA) is 99.3 Å². The number of rotatable bonds is 5. The van der Waals surface area contributed by atoms with Crippen LogP contribution in [0.1, 0.15) is 16.2 Å². The van der Waals surface area contributed by atoms with Crippen LogP contribution < -0.4 is 10.1 Å². The molecule has 1 aromatic heterocycles. The lowest BCUT2D eigenvalue weighted by molar-refractivity contribution is -0.385. The number of aryl methyl sites for hydroxylation is 2. The van der Waals surface area contributed by atoms with E-state index in [1.54, 1.807) is 0 Å². The summed E-state index contributed by atoms with van der Waals surface area (Å²) in [5.74, 6) is -1.11. The second-order valence-corrected chi connectivity index (χ2v) is 4.49. The van der Waals surface area contributed by atoms with Crippen molar-refractivity contribution < 1.29 is 23.2 Å². The Balaban J connectivity index is 2.36. The molecule has 1 amide bonds. The largest absolute Gasteiger partial charge is 0.433 e. The highest BCUT2D eigenvalue weighted by Crippen LogP contribution is 2.28. The maximum absolute atomic E-state index is 12.4. The predicted molar refractivity (Wildman–Crippen MR) is 75.6 cm³/mol. The van der Waals surface area contributed by atoms with Gasteiger partial charge in [-0.1, -0.05) is 12.1 Å². The lowest BCUT2D eigenvalue weighted by atomic mass is 10.2. The summed E-state index contributed by atoms with van der Waals surface area (Å²) in [6.45, 7) is -1.68. The molecule has 0 saturated carbocycles. The molecule has 0 aliphatic carbocycles. The number of para-hydroxylation sites is 2. The molecule has 0 bridgehead atoms. The highest BCUT2D eigenvalue weighted by Gasteiger charge is 2.29. The van der Waals surface area contributed by atoms with Crippen LogP contribution in [0.5, 0.6) is 5.75 Å². The van der Waals surface area contributed by atoms with Gasteiger partial charge in [-0.15, -0.1) is 0 Å². The number of nitrogens with one attached hydrogen (secondary N) is 1. The third-order valence-electron chi connectivity index (χ3n) is 2.94. The maximum Gasteiger partial charge on any atom is 0.387 e. The second-order valence-electron chi connectivity index (χ2n) is 4.49. The lowest BCUT2D eigenvalue weighted by Crippen LogP contribution is -2.18. The van der Waals surface area contributed by atoms with Gasteiger partial charge in [-0.3, -0.25) is 19.6 Å². The molecule has 0 aliphatic heterocycles. The van der Waals surface area contributed by atoms with E-state index in [0.717, 1.165) is 4.68 Å². The summed E-state index contributed by atoms with van der Waals surface area (Å²) in [5, 5.41) is 17.2. The molecule has 0 fully saturated rings. The van der Waals surface area contributed by atoms with Gasteiger partial charge in [0.15, 0.2) is 0 Å². The number of nitrogens with zero attached hydrogens (tertiary/aromatic N) is 3. The van der Waals surface area contributed by atoms with E-state index in [1.165, 1.54) is 38.2 Å². The number of benzene rings is 1. The molecule has 1 N–H and O–H groups in total. The average Bonchev–Trinajstić information content (AvgIpc) is 2.75. The lowest BCUT2D eigenvalue weighted by Gasteiger charge is -2.11. The molecule has 1 heterocycles. The number of ether oxygens (including phenoxy) is 1. The Hall–Kier alpha value is -3.04. The van der Waals surface area contributed by atoms with E-state index in [-0.39, 0.29) is 22.8 Å². The summed E-state index contributed by atoms with van der Waals surface area (Å²) in [6, 6.07) is 5.52. The van der Waals surface area contributed by atoms with Crippen LogP contribution in [-0.2, 0) is 7.05 Å². The zero-order valence-corrected chi connectivity index (χ0v) is 12.1. The average molecular weight is 326 g/mol. The Kier molecular flexibility index (Phi) is 4.53. The van der Waals surface area contributed by atoms with E-state index < -0.39 is 23.1 Å². The van der Waals surface area contributed by atoms with Crippen molar-refractivity contribution in [3.63, 3.8) is 0 Å². The van der Waals surface area contributed by atoms with Gasteiger partial charge in [-0.2, -0.15) is 13.9 Å². The normalized spacial score (nSPS) is 10.7. The Bertz CT molecular complexity index is 760. The summed E-state index contributed by atoms with van der Waals surface area (Å²) in [7, 11) is 1.37. The van der Waals surface area contributed by atoms with Crippen LogP contribution in [0.2, 0.25) is 0 Å². The van der Waals surface area contributed by atoms with E-state index in [9.17, 15) is 23.7 Å². The number of carbonyl (C=O) groups excluding carboxylic acids is 1. The van der Waals surface area contributed by atoms with Crippen molar-refractivity contribution in [3.05, 3.63) is 45.8 Å². The van der Waals surface area contributed by atoms with E-state index >= 15 is 0 Å². The molecule has 2 aromatic rings. The molecule has 23 heavy (non-hydrogen) atoms. The minimum Gasteiger partial charge on any atom is -0.433 e. The minimum absolute atomic E-state index is 0.0362. The van der Waals surface area contributed by atoms with Crippen molar-refractivity contribution in [2.45, 2.75) is 13.5 Å². The third-order valence-corrected chi connectivity index (χ3v) is 2.94. The molecule has 8 nitrogen and oxygen atoms in total. The number of nitro groups is 1. The monoisotopic (exact) mass is 326 g/mol. The van der Waals surface area contributed by atoms with Crippen LogP contribution in [0.4, 0.5) is 20.2 Å². The molecule has 2 rings (SSSR count). The van der Waals surface area contributed by atoms with Crippen LogP contribution in [0.15, 0.2) is 24.3 Å². The first-order valence-corrected chi connectivity index (χ1v) is 6.34. The summed E-state index contributed by atoms with van der Waals surface area (Å²) in [4.78, 5) is 22.6. The van der Waals surface area contributed by atoms with Gasteiger partial charge in [0.2, 0.25) is 5.69 Å². The summed E-state index contributed by atoms with van der Waals surface area (Å²) < 4.78 is 30.1. The molecule has 122 valence electrons. The second kappa shape index (κ2) is 6.38. The number of anilines is 1. The van der Waals surface area contributed by atoms with Crippen LogP contribution in [-0.4, -0.2) is 27.2 Å². The fraction of sp³-hybridized carbons (Fsp3) is 0.231. The van der Waals surface area contributed by atoms with Crippen LogP contribution in [0.25, 0.3) is 0 Å². The SMILES string of the molecule is Cc1nn(C)c(C(=O)Nc2ccccc2OC(F)F)c1[N+](=O)[O-]. The van der Waals surface area contributed by atoms with Gasteiger partial charge in [0, 0.05) is 7.05 Å². The molecule has 0 atom stereocenters. The Morgan fingerprint density at radius 2 is 2.09 bits per heavy atom. The van der Waals surface area contributed by atoms with E-state index in [2.05, 4.69) is 15.2 Å². The molecule has 0 spiro atoms. The molecule has 0 aliphatic rings. The van der Waals surface area contributed by atoms with E-state index in [0.29, 0.717) is 0 Å². The number of amides is 1. The summed E-state index contributed by atoms with van der Waals surface area (Å²) in [6.07, 6.45) is 0. The van der Waals surface area contributed by atoms with Gasteiger partial charge >= 0.3 is 12.3 Å². The van der Waals surface area contributed by atoms with Crippen LogP contribution in [0.3, 0.4) is 0 Å². The number of hydrogen-bond acceptors (Lipinski definition) is 5. The van der Waals surface area contributed by atoms with Gasteiger partial charge in [-0.05, 0) is 19.1 Å². The number of carbonyl (C=O) groups is 1. The van der Waals surface area contributed by atoms with Gasteiger partial charge in [0.25, 0.3) is 5.91 Å². The first-order chi connectivity index (χ1) is 10.8. The molecule has 1 aromatic carbocycles. The summed E-state index contributed by atoms with van der Waals surface area (Å²) in [5.41, 5.74) is -0.706. The van der Waals surface area contributed by atoms with Crippen molar-refractivity contribution in [2.75, 3.05) is 5.32 Å². The molecule has 0 unspecified atom stereocenters. The highest BCUT2D eigenvalue weighted by atomic mass is 19.3. The van der Waals surface area contributed by atoms with Crippen molar-refractivity contribution in [3.8, 4) is 5.75 Å². The van der Waals surface area contributed by atoms with Gasteiger partial charge in [0.1, 0.15) is 11.4 Å². The number of halogens is 2. The van der Waals surface area contributed by atoms with Gasteiger partial charge < -0.3 is 10.1 Å². The first-order valence-electron chi connectivity index (χ1n) is 6.34. The molecule has 10 heteroatoms. The van der Waals surface area contributed by atoms with Crippen molar-refractivity contribution in [2.24, 2.45) is 7.05 Å². The van der Waals surface area contributed by atoms with Gasteiger partial charge in [-0.25, -0.2) is 0 Å². The molecular formula is C13H12F2N4O4. The minimum atomic E-state index is -3.07. The Morgan fingerprint density at radius 1 is 1.43 bits per heavy atom. The fourth-order valence-electron chi connectivity index (χ4n) is 2.07. The van der Waals surface area contributed by atoms with Crippen molar-refractivity contribution in [1.82, 2.24) is 9.78 Å². The zero-order chi connectivity index (χ0) is 17.1. The highest BCUT2D eigenvalue weighted by molar-refractivity contribution is 6.06. The number of alkyl halides is 2. The van der Waals surface area contributed by atoms with Crippen molar-refractivity contribution in [1.29, 1.82) is 0 Å². The Labute approximate surface area is 128 Å². The standard InChI is InChI=1S/C13H12F2N4O4/c1-7-10(19(21)22)11(18(2)17-7)12(20)16-8-5-3-4-6-9(8)23-13(14)15/h3-6,13H,1-2H3,(H,16,20). The van der Waals surface area contributed by atoms with E-state index in [4.69, 9.17) is 0 Å².